The predicted octanol–water partition coefficient (Wildman–Crippen LogP) is 2.94. The van der Waals surface area contributed by atoms with E-state index in [0.29, 0.717) is 25.2 Å². The summed E-state index contributed by atoms with van der Waals surface area (Å²) in [6.45, 7) is 12.7. The van der Waals surface area contributed by atoms with Crippen molar-refractivity contribution in [2.45, 2.75) is 59.2 Å². The molecule has 0 aromatic carbocycles. The third-order valence-corrected chi connectivity index (χ3v) is 6.03. The second-order valence-corrected chi connectivity index (χ2v) is 8.97. The largest absolute Gasteiger partial charge is 0.364 e. The van der Waals surface area contributed by atoms with E-state index >= 15 is 0 Å². The zero-order chi connectivity index (χ0) is 22.9. The first-order chi connectivity index (χ1) is 15.4. The molecule has 3 rings (SSSR count). The van der Waals surface area contributed by atoms with E-state index in [1.165, 1.54) is 0 Å². The van der Waals surface area contributed by atoms with Gasteiger partial charge in [0.25, 0.3) is 0 Å². The highest BCUT2D eigenvalue weighted by molar-refractivity contribution is 5.79. The number of rotatable bonds is 10. The molecular formula is C24H37N7O. The molecule has 2 N–H and O–H groups in total. The van der Waals surface area contributed by atoms with E-state index in [2.05, 4.69) is 63.3 Å². The molecule has 174 valence electrons. The SMILES string of the molecule is CC(C)N(CCNC(=O)C1CCN(c2ccc(NCc3cccnc3)nn2)CC1)C(C)C. The maximum absolute atomic E-state index is 12.6. The number of amides is 1. The molecule has 0 saturated carbocycles. The minimum absolute atomic E-state index is 0.0752. The molecule has 8 heteroatoms. The van der Waals surface area contributed by atoms with Gasteiger partial charge in [-0.2, -0.15) is 0 Å². The molecule has 1 aliphatic heterocycles. The Balaban J connectivity index is 1.40. The first-order valence-corrected chi connectivity index (χ1v) is 11.7. The van der Waals surface area contributed by atoms with Crippen molar-refractivity contribution in [2.75, 3.05) is 36.4 Å². The van der Waals surface area contributed by atoms with Gasteiger partial charge in [0.2, 0.25) is 5.91 Å². The van der Waals surface area contributed by atoms with Crippen molar-refractivity contribution in [1.82, 2.24) is 25.4 Å². The number of nitrogens with zero attached hydrogens (tertiary/aromatic N) is 5. The fourth-order valence-corrected chi connectivity index (χ4v) is 4.22. The summed E-state index contributed by atoms with van der Waals surface area (Å²) >= 11 is 0. The highest BCUT2D eigenvalue weighted by atomic mass is 16.1. The van der Waals surface area contributed by atoms with Crippen LogP contribution in [0.25, 0.3) is 0 Å². The number of nitrogens with one attached hydrogen (secondary N) is 2. The lowest BCUT2D eigenvalue weighted by molar-refractivity contribution is -0.125. The van der Waals surface area contributed by atoms with Crippen molar-refractivity contribution in [2.24, 2.45) is 5.92 Å². The van der Waals surface area contributed by atoms with Gasteiger partial charge in [0.05, 0.1) is 0 Å². The van der Waals surface area contributed by atoms with Crippen LogP contribution in [0.1, 0.15) is 46.1 Å². The Morgan fingerprint density at radius 2 is 1.88 bits per heavy atom. The maximum Gasteiger partial charge on any atom is 0.223 e. The summed E-state index contributed by atoms with van der Waals surface area (Å²) in [6.07, 6.45) is 5.27. The van der Waals surface area contributed by atoms with Crippen molar-refractivity contribution in [1.29, 1.82) is 0 Å². The monoisotopic (exact) mass is 439 g/mol. The minimum atomic E-state index is 0.0752. The van der Waals surface area contributed by atoms with Gasteiger partial charge in [-0.3, -0.25) is 14.7 Å². The van der Waals surface area contributed by atoms with Crippen LogP contribution in [0.5, 0.6) is 0 Å². The average molecular weight is 440 g/mol. The van der Waals surface area contributed by atoms with Gasteiger partial charge in [0, 0.05) is 63.1 Å². The summed E-state index contributed by atoms with van der Waals surface area (Å²) in [5, 5.41) is 15.1. The molecule has 0 unspecified atom stereocenters. The fourth-order valence-electron chi connectivity index (χ4n) is 4.22. The molecule has 2 aromatic rings. The molecule has 1 aliphatic rings. The average Bonchev–Trinajstić information content (AvgIpc) is 2.81. The van der Waals surface area contributed by atoms with Crippen molar-refractivity contribution >= 4 is 17.5 Å². The molecule has 0 bridgehead atoms. The highest BCUT2D eigenvalue weighted by Gasteiger charge is 2.26. The molecule has 1 saturated heterocycles. The summed E-state index contributed by atoms with van der Waals surface area (Å²) in [5.41, 5.74) is 1.10. The Hall–Kier alpha value is -2.74. The molecule has 1 fully saturated rings. The third kappa shape index (κ3) is 6.88. The molecule has 32 heavy (non-hydrogen) atoms. The number of hydrogen-bond acceptors (Lipinski definition) is 7. The molecule has 0 aliphatic carbocycles. The van der Waals surface area contributed by atoms with E-state index in [4.69, 9.17) is 0 Å². The van der Waals surface area contributed by atoms with Crippen LogP contribution in [0.15, 0.2) is 36.7 Å². The van der Waals surface area contributed by atoms with Crippen LogP contribution in [0.2, 0.25) is 0 Å². The van der Waals surface area contributed by atoms with Crippen LogP contribution in [0.4, 0.5) is 11.6 Å². The van der Waals surface area contributed by atoms with E-state index in [-0.39, 0.29) is 11.8 Å². The lowest BCUT2D eigenvalue weighted by atomic mass is 9.96. The van der Waals surface area contributed by atoms with Crippen LogP contribution >= 0.6 is 0 Å². The Morgan fingerprint density at radius 3 is 2.47 bits per heavy atom. The van der Waals surface area contributed by atoms with Gasteiger partial charge in [-0.15, -0.1) is 10.2 Å². The number of pyridine rings is 1. The van der Waals surface area contributed by atoms with Crippen LogP contribution < -0.4 is 15.5 Å². The quantitative estimate of drug-likeness (QED) is 0.589. The standard InChI is InChI=1S/C24H37N7O/c1-18(2)31(19(3)4)15-12-26-24(32)21-9-13-30(14-10-21)23-8-7-22(28-29-23)27-17-20-6-5-11-25-16-20/h5-8,11,16,18-19,21H,9-10,12-15,17H2,1-4H3,(H,26,32)(H,27,28). The van der Waals surface area contributed by atoms with E-state index in [1.54, 1.807) is 6.20 Å². The summed E-state index contributed by atoms with van der Waals surface area (Å²) < 4.78 is 0. The molecule has 0 atom stereocenters. The first kappa shape index (κ1) is 23.9. The lowest BCUT2D eigenvalue weighted by Crippen LogP contribution is -2.45. The lowest BCUT2D eigenvalue weighted by Gasteiger charge is -2.33. The Labute approximate surface area is 191 Å². The van der Waals surface area contributed by atoms with Gasteiger partial charge in [0.15, 0.2) is 5.82 Å². The highest BCUT2D eigenvalue weighted by Crippen LogP contribution is 2.22. The van der Waals surface area contributed by atoms with Crippen molar-refractivity contribution in [3.05, 3.63) is 42.2 Å². The van der Waals surface area contributed by atoms with Crippen LogP contribution in [0, 0.1) is 5.92 Å². The van der Waals surface area contributed by atoms with E-state index < -0.39 is 0 Å². The van der Waals surface area contributed by atoms with Crippen LogP contribution in [0.3, 0.4) is 0 Å². The number of anilines is 2. The third-order valence-electron chi connectivity index (χ3n) is 6.03. The summed E-state index contributed by atoms with van der Waals surface area (Å²) in [5.74, 6) is 1.85. The second kappa shape index (κ2) is 11.8. The molecule has 3 heterocycles. The van der Waals surface area contributed by atoms with Gasteiger partial charge in [0.1, 0.15) is 5.82 Å². The zero-order valence-corrected chi connectivity index (χ0v) is 19.8. The van der Waals surface area contributed by atoms with Crippen LogP contribution in [-0.4, -0.2) is 64.3 Å². The summed E-state index contributed by atoms with van der Waals surface area (Å²) in [7, 11) is 0. The van der Waals surface area contributed by atoms with Crippen LogP contribution in [-0.2, 0) is 11.3 Å². The smallest absolute Gasteiger partial charge is 0.223 e. The van der Waals surface area contributed by atoms with Gasteiger partial charge < -0.3 is 15.5 Å². The van der Waals surface area contributed by atoms with Crippen molar-refractivity contribution in [3.63, 3.8) is 0 Å². The summed E-state index contributed by atoms with van der Waals surface area (Å²) in [4.78, 5) is 21.3. The molecule has 8 nitrogen and oxygen atoms in total. The number of carbonyl (C=O) groups excluding carboxylic acids is 1. The van der Waals surface area contributed by atoms with Crippen molar-refractivity contribution < 1.29 is 4.79 Å². The zero-order valence-electron chi connectivity index (χ0n) is 19.8. The molecule has 2 aromatic heterocycles. The number of aromatic nitrogens is 3. The fraction of sp³-hybridized carbons (Fsp3) is 0.583. The predicted molar refractivity (Wildman–Crippen MR) is 129 cm³/mol. The Bertz CT molecular complexity index is 810. The topological polar surface area (TPSA) is 86.3 Å². The van der Waals surface area contributed by atoms with Gasteiger partial charge in [-0.1, -0.05) is 6.07 Å². The maximum atomic E-state index is 12.6. The molecular weight excluding hydrogens is 402 g/mol. The van der Waals surface area contributed by atoms with Crippen molar-refractivity contribution in [3.8, 4) is 0 Å². The first-order valence-electron chi connectivity index (χ1n) is 11.7. The normalized spacial score (nSPS) is 14.9. The van der Waals surface area contributed by atoms with E-state index in [0.717, 1.165) is 49.7 Å². The Morgan fingerprint density at radius 1 is 1.12 bits per heavy atom. The number of carbonyl (C=O) groups is 1. The summed E-state index contributed by atoms with van der Waals surface area (Å²) in [6, 6.07) is 8.84. The number of piperidine rings is 1. The molecule has 0 radical (unpaired) electrons. The van der Waals surface area contributed by atoms with E-state index in [9.17, 15) is 4.79 Å². The molecule has 1 amide bonds. The second-order valence-electron chi connectivity index (χ2n) is 8.97. The Kier molecular flexibility index (Phi) is 8.79. The van der Waals surface area contributed by atoms with Gasteiger partial charge in [-0.05, 0) is 64.3 Å². The van der Waals surface area contributed by atoms with E-state index in [1.807, 2.05) is 30.5 Å². The number of hydrogen-bond donors (Lipinski definition) is 2. The molecule has 0 spiro atoms. The van der Waals surface area contributed by atoms with Gasteiger partial charge in [-0.25, -0.2) is 0 Å². The minimum Gasteiger partial charge on any atom is -0.364 e. The van der Waals surface area contributed by atoms with Gasteiger partial charge >= 0.3 is 0 Å².